The molecule has 0 unspecified atom stereocenters. The standard InChI is InChI=1S/C19H30N4.HI/c20-19(21-11-6-14-23-12-3-1-2-4-13-23)22-18-10-9-16-7-5-8-17(16)15-18;/h9-10,15H,1-8,11-14H2,(H3,20,21,22);1H. The molecule has 1 aromatic rings. The molecule has 0 saturated carbocycles. The number of guanidine groups is 1. The quantitative estimate of drug-likeness (QED) is 0.316. The Labute approximate surface area is 163 Å². The molecule has 4 nitrogen and oxygen atoms in total. The molecule has 3 N–H and O–H groups in total. The van der Waals surface area contributed by atoms with Crippen LogP contribution in [0, 0.1) is 0 Å². The Bertz CT molecular complexity index is 536. The van der Waals surface area contributed by atoms with Crippen LogP contribution < -0.4 is 11.1 Å². The third-order valence-electron chi connectivity index (χ3n) is 4.98. The van der Waals surface area contributed by atoms with Gasteiger partial charge in [0.25, 0.3) is 0 Å². The fourth-order valence-electron chi connectivity index (χ4n) is 3.69. The van der Waals surface area contributed by atoms with Gasteiger partial charge >= 0.3 is 0 Å². The Hall–Kier alpha value is -0.820. The first kappa shape index (κ1) is 19.5. The molecule has 0 bridgehead atoms. The topological polar surface area (TPSA) is 53.6 Å². The molecular formula is C19H31IN4. The summed E-state index contributed by atoms with van der Waals surface area (Å²) in [4.78, 5) is 7.05. The van der Waals surface area contributed by atoms with Gasteiger partial charge in [-0.05, 0) is 81.4 Å². The minimum Gasteiger partial charge on any atom is -0.370 e. The molecule has 1 aliphatic heterocycles. The summed E-state index contributed by atoms with van der Waals surface area (Å²) in [6.07, 6.45) is 10.3. The number of anilines is 1. The van der Waals surface area contributed by atoms with E-state index in [2.05, 4.69) is 33.4 Å². The second-order valence-corrected chi connectivity index (χ2v) is 6.84. The molecule has 0 radical (unpaired) electrons. The first-order valence-electron chi connectivity index (χ1n) is 9.22. The van der Waals surface area contributed by atoms with E-state index in [0.717, 1.165) is 25.2 Å². The van der Waals surface area contributed by atoms with Crippen LogP contribution in [-0.2, 0) is 12.8 Å². The molecular weight excluding hydrogens is 411 g/mol. The lowest BCUT2D eigenvalue weighted by molar-refractivity contribution is 0.283. The highest BCUT2D eigenvalue weighted by atomic mass is 127. The minimum absolute atomic E-state index is 0. The lowest BCUT2D eigenvalue weighted by atomic mass is 10.1. The van der Waals surface area contributed by atoms with Crippen LogP contribution in [0.25, 0.3) is 0 Å². The Morgan fingerprint density at radius 3 is 2.58 bits per heavy atom. The van der Waals surface area contributed by atoms with Crippen molar-refractivity contribution in [1.82, 2.24) is 4.90 Å². The normalized spacial score (nSPS) is 18.6. The van der Waals surface area contributed by atoms with E-state index < -0.39 is 0 Å². The van der Waals surface area contributed by atoms with Gasteiger partial charge in [-0.25, -0.2) is 0 Å². The third-order valence-corrected chi connectivity index (χ3v) is 4.98. The van der Waals surface area contributed by atoms with Gasteiger partial charge in [0.2, 0.25) is 0 Å². The highest BCUT2D eigenvalue weighted by Crippen LogP contribution is 2.24. The van der Waals surface area contributed by atoms with E-state index in [4.69, 9.17) is 5.73 Å². The van der Waals surface area contributed by atoms with Gasteiger partial charge in [0.15, 0.2) is 5.96 Å². The number of hydrogen-bond acceptors (Lipinski definition) is 2. The maximum Gasteiger partial charge on any atom is 0.193 e. The smallest absolute Gasteiger partial charge is 0.193 e. The zero-order valence-electron chi connectivity index (χ0n) is 14.6. The number of benzene rings is 1. The summed E-state index contributed by atoms with van der Waals surface area (Å²) in [5, 5.41) is 3.23. The Kier molecular flexibility index (Phi) is 8.32. The van der Waals surface area contributed by atoms with Gasteiger partial charge < -0.3 is 16.0 Å². The van der Waals surface area contributed by atoms with Gasteiger partial charge in [0, 0.05) is 12.2 Å². The highest BCUT2D eigenvalue weighted by molar-refractivity contribution is 14.0. The SMILES string of the molecule is I.NC(=NCCCN1CCCCCC1)Nc1ccc2c(c1)CCC2. The number of fused-ring (bicyclic) bond motifs is 1. The lowest BCUT2D eigenvalue weighted by Crippen LogP contribution is -2.27. The maximum absolute atomic E-state index is 6.02. The van der Waals surface area contributed by atoms with Crippen molar-refractivity contribution in [3.63, 3.8) is 0 Å². The molecule has 3 rings (SSSR count). The van der Waals surface area contributed by atoms with Gasteiger partial charge in [0.1, 0.15) is 0 Å². The van der Waals surface area contributed by atoms with Crippen LogP contribution >= 0.6 is 24.0 Å². The van der Waals surface area contributed by atoms with Crippen LogP contribution in [0.3, 0.4) is 0 Å². The number of nitrogens with one attached hydrogen (secondary N) is 1. The Balaban J connectivity index is 0.00000208. The monoisotopic (exact) mass is 442 g/mol. The van der Waals surface area contributed by atoms with E-state index >= 15 is 0 Å². The van der Waals surface area contributed by atoms with Gasteiger partial charge in [0.05, 0.1) is 0 Å². The molecule has 5 heteroatoms. The van der Waals surface area contributed by atoms with E-state index in [9.17, 15) is 0 Å². The average Bonchev–Trinajstić information content (AvgIpc) is 2.86. The molecule has 0 aromatic heterocycles. The highest BCUT2D eigenvalue weighted by Gasteiger charge is 2.11. The maximum atomic E-state index is 6.02. The number of aliphatic imine (C=N–C) groups is 1. The zero-order chi connectivity index (χ0) is 15.9. The van der Waals surface area contributed by atoms with E-state index in [1.54, 1.807) is 0 Å². The van der Waals surface area contributed by atoms with Crippen molar-refractivity contribution < 1.29 is 0 Å². The van der Waals surface area contributed by atoms with Crippen molar-refractivity contribution >= 4 is 35.6 Å². The van der Waals surface area contributed by atoms with E-state index in [-0.39, 0.29) is 24.0 Å². The van der Waals surface area contributed by atoms with Gasteiger partial charge in [-0.15, -0.1) is 24.0 Å². The van der Waals surface area contributed by atoms with Crippen LogP contribution in [0.1, 0.15) is 49.7 Å². The number of halogens is 1. The van der Waals surface area contributed by atoms with Crippen LogP contribution in [0.4, 0.5) is 5.69 Å². The predicted molar refractivity (Wildman–Crippen MR) is 114 cm³/mol. The fraction of sp³-hybridized carbons (Fsp3) is 0.632. The van der Waals surface area contributed by atoms with Crippen molar-refractivity contribution in [3.05, 3.63) is 29.3 Å². The molecule has 134 valence electrons. The Morgan fingerprint density at radius 1 is 1.04 bits per heavy atom. The summed E-state index contributed by atoms with van der Waals surface area (Å²) in [6.45, 7) is 4.47. The molecule has 0 atom stereocenters. The van der Waals surface area contributed by atoms with E-state index in [1.807, 2.05) is 0 Å². The minimum atomic E-state index is 0. The molecule has 1 heterocycles. The van der Waals surface area contributed by atoms with Crippen molar-refractivity contribution in [2.75, 3.05) is 31.5 Å². The van der Waals surface area contributed by atoms with Crippen molar-refractivity contribution in [2.24, 2.45) is 10.7 Å². The third kappa shape index (κ3) is 5.92. The molecule has 0 spiro atoms. The van der Waals surface area contributed by atoms with Crippen LogP contribution in [0.15, 0.2) is 23.2 Å². The van der Waals surface area contributed by atoms with Crippen molar-refractivity contribution in [1.29, 1.82) is 0 Å². The largest absolute Gasteiger partial charge is 0.370 e. The van der Waals surface area contributed by atoms with E-state index in [1.165, 1.54) is 69.2 Å². The van der Waals surface area contributed by atoms with Crippen LogP contribution in [0.2, 0.25) is 0 Å². The predicted octanol–water partition coefficient (Wildman–Crippen LogP) is 3.79. The molecule has 1 aromatic carbocycles. The van der Waals surface area contributed by atoms with Crippen LogP contribution in [-0.4, -0.2) is 37.0 Å². The molecule has 0 amide bonds. The first-order valence-corrected chi connectivity index (χ1v) is 9.22. The van der Waals surface area contributed by atoms with Crippen molar-refractivity contribution in [2.45, 2.75) is 51.4 Å². The fourth-order valence-corrected chi connectivity index (χ4v) is 3.69. The second kappa shape index (κ2) is 10.2. The zero-order valence-corrected chi connectivity index (χ0v) is 16.9. The summed E-state index contributed by atoms with van der Waals surface area (Å²) >= 11 is 0. The first-order chi connectivity index (χ1) is 11.3. The summed E-state index contributed by atoms with van der Waals surface area (Å²) in [6, 6.07) is 6.56. The number of likely N-dealkylation sites (tertiary alicyclic amines) is 1. The molecule has 1 saturated heterocycles. The number of hydrogen-bond donors (Lipinski definition) is 2. The van der Waals surface area contributed by atoms with Gasteiger partial charge in [-0.2, -0.15) is 0 Å². The van der Waals surface area contributed by atoms with E-state index in [0.29, 0.717) is 5.96 Å². The number of nitrogens with zero attached hydrogens (tertiary/aromatic N) is 2. The summed E-state index contributed by atoms with van der Waals surface area (Å²) in [7, 11) is 0. The van der Waals surface area contributed by atoms with Crippen molar-refractivity contribution in [3.8, 4) is 0 Å². The molecule has 1 fully saturated rings. The molecule has 24 heavy (non-hydrogen) atoms. The Morgan fingerprint density at radius 2 is 1.79 bits per heavy atom. The number of nitrogens with two attached hydrogens (primary N) is 1. The lowest BCUT2D eigenvalue weighted by Gasteiger charge is -2.18. The second-order valence-electron chi connectivity index (χ2n) is 6.84. The summed E-state index contributed by atoms with van der Waals surface area (Å²) in [5.41, 5.74) is 10.0. The van der Waals surface area contributed by atoms with Gasteiger partial charge in [-0.3, -0.25) is 4.99 Å². The van der Waals surface area contributed by atoms with Gasteiger partial charge in [-0.1, -0.05) is 18.9 Å². The summed E-state index contributed by atoms with van der Waals surface area (Å²) < 4.78 is 0. The summed E-state index contributed by atoms with van der Waals surface area (Å²) in [5.74, 6) is 0.541. The average molecular weight is 442 g/mol. The molecule has 2 aliphatic rings. The number of aryl methyl sites for hydroxylation is 2. The molecule has 1 aliphatic carbocycles. The number of rotatable bonds is 5. The van der Waals surface area contributed by atoms with Crippen LogP contribution in [0.5, 0.6) is 0 Å².